The Bertz CT molecular complexity index is 4980. The maximum Gasteiger partial charge on any atom is 0.0894 e. The number of rotatable bonds is 16. The molecular weight excluding hydrogens is 1280 g/mol. The van der Waals surface area contributed by atoms with Gasteiger partial charge in [0.25, 0.3) is 0 Å². The first-order valence-corrected chi connectivity index (χ1v) is 38.8. The molecule has 8 nitrogen and oxygen atoms in total. The van der Waals surface area contributed by atoms with Crippen LogP contribution in [-0.4, -0.2) is 52.9 Å². The van der Waals surface area contributed by atoms with Gasteiger partial charge < -0.3 is 9.97 Å². The SMILES string of the molecule is CCCCCCCCN1CCCC1c1cccc(-c2cccc(-c3cccc(/C=C/c4ccc(-c5c6nc(c(-c7cc(C(C)(C)C)cc(C(C)(C)C)c7)c7ccc([nH]7)c(-c7cc(C(C)(C)C)cc(C(C)(C)C)c7)c7nc(c(-c8cc(C(C)(C)C)cc(C(C)(C)C)c8)c8ccc5[nH]8)C=C7)C=C6)cc4)n3)n2)n1. The van der Waals surface area contributed by atoms with Crippen molar-refractivity contribution in [1.82, 2.24) is 39.8 Å². The molecule has 0 amide bonds. The fourth-order valence-electron chi connectivity index (χ4n) is 15.0. The van der Waals surface area contributed by atoms with E-state index in [9.17, 15) is 0 Å². The molecule has 10 aromatic rings. The molecule has 9 heterocycles. The number of aromatic amines is 2. The highest BCUT2D eigenvalue weighted by Crippen LogP contribution is 2.45. The number of hydrogen-bond donors (Lipinski definition) is 2. The molecular formula is C97H112N8. The van der Waals surface area contributed by atoms with E-state index in [4.69, 9.17) is 24.9 Å². The number of fused-ring (bicyclic) bond motifs is 8. The van der Waals surface area contributed by atoms with Crippen LogP contribution in [0, 0.1) is 0 Å². The number of hydrogen-bond acceptors (Lipinski definition) is 6. The van der Waals surface area contributed by atoms with E-state index in [1.54, 1.807) is 0 Å². The molecule has 1 saturated heterocycles. The summed E-state index contributed by atoms with van der Waals surface area (Å²) in [4.78, 5) is 38.3. The summed E-state index contributed by atoms with van der Waals surface area (Å²) < 4.78 is 0. The van der Waals surface area contributed by atoms with Gasteiger partial charge >= 0.3 is 0 Å². The smallest absolute Gasteiger partial charge is 0.0894 e. The standard InChI is InChI=1S/C97H112N8/c1-20-21-22-23-24-25-51-105-52-29-36-87(105)78-35-28-34-77(100-78)76-33-27-32-75(99-76)74-31-26-30-73(98-74)42-39-62-37-40-63(41-38-62)88-79-43-45-81(101-79)89(64-53-67(92(2,3)4)59-68(54-64)93(5,6)7)83-47-49-85(103-83)91(66-57-71(96(14,15)16)61-72(58-66)97(17,18)19)86-50-48-84(104-86)90(82-46-44-80(88)102-82)65-55-69(94(8,9)10)60-70(56-65)95(11,12)13/h26-28,30-35,37-50,53-61,87,101,104H,20-25,29,36,51-52H2,1-19H3/b42-39+,88-79?,88-80?,89-81?,89-83?,90-82?,90-84?,91-85?,91-86?. The quantitative estimate of drug-likeness (QED) is 0.0935. The normalized spacial score (nSPS) is 14.7. The molecule has 8 heteroatoms. The van der Waals surface area contributed by atoms with Crippen molar-refractivity contribution in [2.45, 2.75) is 221 Å². The molecule has 4 aromatic carbocycles. The molecule has 1 unspecified atom stereocenters. The average molecular weight is 1390 g/mol. The summed E-state index contributed by atoms with van der Waals surface area (Å²) in [5.74, 6) is 0. The van der Waals surface area contributed by atoms with E-state index in [0.717, 1.165) is 149 Å². The summed E-state index contributed by atoms with van der Waals surface area (Å²) >= 11 is 0. The Labute approximate surface area is 627 Å². The van der Waals surface area contributed by atoms with Gasteiger partial charge in [0.1, 0.15) is 0 Å². The monoisotopic (exact) mass is 1390 g/mol. The van der Waals surface area contributed by atoms with Gasteiger partial charge in [-0.3, -0.25) is 4.90 Å². The van der Waals surface area contributed by atoms with Crippen LogP contribution in [0.1, 0.15) is 262 Å². The zero-order valence-corrected chi connectivity index (χ0v) is 66.3. The lowest BCUT2D eigenvalue weighted by Crippen LogP contribution is -2.25. The van der Waals surface area contributed by atoms with Gasteiger partial charge in [0.2, 0.25) is 0 Å². The molecule has 2 N–H and O–H groups in total. The minimum absolute atomic E-state index is 0.119. The van der Waals surface area contributed by atoms with Crippen LogP contribution in [0.4, 0.5) is 0 Å². The Morgan fingerprint density at radius 3 is 1.13 bits per heavy atom. The van der Waals surface area contributed by atoms with Crippen molar-refractivity contribution >= 4 is 58.5 Å². The van der Waals surface area contributed by atoms with Crippen molar-refractivity contribution in [2.75, 3.05) is 13.1 Å². The summed E-state index contributed by atoms with van der Waals surface area (Å²) in [5, 5.41) is 0. The predicted molar refractivity (Wildman–Crippen MR) is 449 cm³/mol. The lowest BCUT2D eigenvalue weighted by atomic mass is 9.78. The first-order valence-electron chi connectivity index (χ1n) is 38.8. The molecule has 0 radical (unpaired) electrons. The van der Waals surface area contributed by atoms with Crippen LogP contribution >= 0.6 is 0 Å². The number of pyridine rings is 3. The number of unbranched alkanes of at least 4 members (excludes halogenated alkanes) is 5. The van der Waals surface area contributed by atoms with Crippen molar-refractivity contribution in [3.63, 3.8) is 0 Å². The van der Waals surface area contributed by atoms with Crippen LogP contribution in [0.3, 0.4) is 0 Å². The molecule has 8 bridgehead atoms. The summed E-state index contributed by atoms with van der Waals surface area (Å²) in [6, 6.07) is 58.8. The van der Waals surface area contributed by atoms with Crippen molar-refractivity contribution in [1.29, 1.82) is 0 Å². The topological polar surface area (TPSA) is 99.3 Å². The van der Waals surface area contributed by atoms with Gasteiger partial charge in [-0.2, -0.15) is 0 Å². The maximum absolute atomic E-state index is 5.89. The van der Waals surface area contributed by atoms with Gasteiger partial charge in [-0.15, -0.1) is 0 Å². The molecule has 540 valence electrons. The lowest BCUT2D eigenvalue weighted by molar-refractivity contribution is 0.247. The third-order valence-corrected chi connectivity index (χ3v) is 21.6. The molecule has 1 atom stereocenters. The van der Waals surface area contributed by atoms with Gasteiger partial charge in [-0.25, -0.2) is 24.9 Å². The minimum Gasteiger partial charge on any atom is -0.354 e. The second-order valence-electron chi connectivity index (χ2n) is 36.1. The number of benzene rings is 4. The van der Waals surface area contributed by atoms with Crippen LogP contribution < -0.4 is 0 Å². The van der Waals surface area contributed by atoms with E-state index in [1.165, 1.54) is 78.3 Å². The van der Waals surface area contributed by atoms with Gasteiger partial charge in [0, 0.05) is 44.3 Å². The summed E-state index contributed by atoms with van der Waals surface area (Å²) in [5.41, 5.74) is 29.3. The molecule has 105 heavy (non-hydrogen) atoms. The first-order chi connectivity index (χ1) is 49.7. The van der Waals surface area contributed by atoms with Crippen LogP contribution in [-0.2, 0) is 32.5 Å². The van der Waals surface area contributed by atoms with Gasteiger partial charge in [-0.1, -0.05) is 267 Å². The highest BCUT2D eigenvalue weighted by molar-refractivity contribution is 6.00. The van der Waals surface area contributed by atoms with E-state index in [-0.39, 0.29) is 32.5 Å². The summed E-state index contributed by atoms with van der Waals surface area (Å²) in [6.45, 7) is 46.3. The fraction of sp³-hybridized carbons (Fsp3) is 0.371. The lowest BCUT2D eigenvalue weighted by Gasteiger charge is -2.26. The summed E-state index contributed by atoms with van der Waals surface area (Å²) in [7, 11) is 0. The second kappa shape index (κ2) is 29.2. The Hall–Kier alpha value is -9.37. The second-order valence-corrected chi connectivity index (χ2v) is 36.1. The Morgan fingerprint density at radius 1 is 0.362 bits per heavy atom. The summed E-state index contributed by atoms with van der Waals surface area (Å²) in [6.07, 6.45) is 23.4. The van der Waals surface area contributed by atoms with E-state index >= 15 is 0 Å². The van der Waals surface area contributed by atoms with E-state index < -0.39 is 0 Å². The number of likely N-dealkylation sites (tertiary alicyclic amines) is 1. The minimum atomic E-state index is -0.127. The Morgan fingerprint density at radius 2 is 0.724 bits per heavy atom. The number of nitrogens with zero attached hydrogens (tertiary/aromatic N) is 6. The molecule has 0 aliphatic carbocycles. The van der Waals surface area contributed by atoms with Crippen molar-refractivity contribution in [2.24, 2.45) is 0 Å². The molecule has 6 aromatic heterocycles. The Kier molecular flexibility index (Phi) is 20.5. The molecule has 0 spiro atoms. The van der Waals surface area contributed by atoms with Gasteiger partial charge in [-0.05, 0) is 217 Å². The Balaban J connectivity index is 0.962. The fourth-order valence-corrected chi connectivity index (χ4v) is 15.0. The highest BCUT2D eigenvalue weighted by Gasteiger charge is 2.30. The van der Waals surface area contributed by atoms with Crippen LogP contribution in [0.15, 0.2) is 158 Å². The van der Waals surface area contributed by atoms with Crippen molar-refractivity contribution in [3.8, 4) is 67.3 Å². The van der Waals surface area contributed by atoms with Crippen LogP contribution in [0.2, 0.25) is 0 Å². The largest absolute Gasteiger partial charge is 0.354 e. The zero-order valence-electron chi connectivity index (χ0n) is 66.3. The number of nitrogens with one attached hydrogen (secondary N) is 2. The zero-order chi connectivity index (χ0) is 74.5. The van der Waals surface area contributed by atoms with Gasteiger partial charge in [0.15, 0.2) is 0 Å². The average Bonchev–Trinajstić information content (AvgIpc) is 1.65. The van der Waals surface area contributed by atoms with Crippen molar-refractivity contribution in [3.05, 3.63) is 231 Å². The third-order valence-electron chi connectivity index (χ3n) is 21.6. The third kappa shape index (κ3) is 16.5. The first kappa shape index (κ1) is 73.9. The predicted octanol–water partition coefficient (Wildman–Crippen LogP) is 26.3. The molecule has 1 fully saturated rings. The van der Waals surface area contributed by atoms with Crippen LogP contribution in [0.5, 0.6) is 0 Å². The number of aromatic nitrogens is 7. The number of H-pyrrole nitrogens is 2. The molecule has 0 saturated carbocycles. The van der Waals surface area contributed by atoms with Gasteiger partial charge in [0.05, 0.1) is 63.0 Å². The maximum atomic E-state index is 5.89. The van der Waals surface area contributed by atoms with E-state index in [1.807, 2.05) is 0 Å². The van der Waals surface area contributed by atoms with Crippen LogP contribution in [0.25, 0.3) is 126 Å². The van der Waals surface area contributed by atoms with E-state index in [0.29, 0.717) is 6.04 Å². The molecule has 13 rings (SSSR count). The molecule has 3 aliphatic heterocycles. The highest BCUT2D eigenvalue weighted by atomic mass is 15.2. The van der Waals surface area contributed by atoms with E-state index in [2.05, 4.69) is 341 Å². The van der Waals surface area contributed by atoms with Crippen molar-refractivity contribution < 1.29 is 0 Å². The molecule has 3 aliphatic rings.